The molecule has 0 spiro atoms. The lowest BCUT2D eigenvalue weighted by molar-refractivity contribution is 0.0747. The third-order valence-electron chi connectivity index (χ3n) is 6.69. The van der Waals surface area contributed by atoms with Crippen LogP contribution in [0.25, 0.3) is 33.5 Å². The van der Waals surface area contributed by atoms with Crippen LogP contribution in [0.1, 0.15) is 10.4 Å². The van der Waals surface area contributed by atoms with E-state index >= 15 is 0 Å². The van der Waals surface area contributed by atoms with Crippen molar-refractivity contribution in [2.75, 3.05) is 31.1 Å². The van der Waals surface area contributed by atoms with E-state index in [1.807, 2.05) is 77.7 Å². The second-order valence-corrected chi connectivity index (χ2v) is 8.97. The Morgan fingerprint density at radius 2 is 1.11 bits per heavy atom. The molecule has 1 saturated heterocycles. The normalized spacial score (nSPS) is 13.7. The molecule has 0 radical (unpaired) electrons. The minimum absolute atomic E-state index is 0.0415. The summed E-state index contributed by atoms with van der Waals surface area (Å²) in [5, 5.41) is 0. The van der Waals surface area contributed by atoms with Crippen molar-refractivity contribution in [3.63, 3.8) is 0 Å². The number of aromatic nitrogens is 2. The van der Waals surface area contributed by atoms with Gasteiger partial charge >= 0.3 is 0 Å². The van der Waals surface area contributed by atoms with Crippen LogP contribution in [0.3, 0.4) is 0 Å². The topological polar surface area (TPSA) is 49.3 Å². The summed E-state index contributed by atoms with van der Waals surface area (Å²) in [6.45, 7) is 3.03. The van der Waals surface area contributed by atoms with Crippen molar-refractivity contribution in [1.29, 1.82) is 0 Å². The van der Waals surface area contributed by atoms with Crippen molar-refractivity contribution in [1.82, 2.24) is 14.9 Å². The molecule has 176 valence electrons. The van der Waals surface area contributed by atoms with Crippen molar-refractivity contribution in [3.8, 4) is 22.5 Å². The van der Waals surface area contributed by atoms with Crippen LogP contribution >= 0.6 is 0 Å². The average Bonchev–Trinajstić information content (AvgIpc) is 2.97. The summed E-state index contributed by atoms with van der Waals surface area (Å²) in [5.74, 6) is 0.0415. The number of nitrogens with zero attached hydrogens (tertiary/aromatic N) is 4. The number of para-hydroxylation sites is 1. The summed E-state index contributed by atoms with van der Waals surface area (Å²) in [6, 6.07) is 36.3. The van der Waals surface area contributed by atoms with E-state index in [1.54, 1.807) is 0 Å². The van der Waals surface area contributed by atoms with E-state index in [9.17, 15) is 4.79 Å². The molecule has 0 N–H and O–H groups in total. The lowest BCUT2D eigenvalue weighted by Gasteiger charge is -2.36. The zero-order chi connectivity index (χ0) is 24.3. The molecule has 0 aliphatic carbocycles. The molecule has 6 rings (SSSR count). The molecule has 4 aromatic carbocycles. The first-order valence-corrected chi connectivity index (χ1v) is 12.3. The van der Waals surface area contributed by atoms with Gasteiger partial charge in [-0.05, 0) is 30.3 Å². The van der Waals surface area contributed by atoms with Crippen LogP contribution in [0.15, 0.2) is 109 Å². The molecule has 0 bridgehead atoms. The van der Waals surface area contributed by atoms with Crippen molar-refractivity contribution in [2.45, 2.75) is 0 Å². The molecule has 1 aliphatic rings. The molecule has 1 amide bonds. The SMILES string of the molecule is O=C(c1ccc2nc(-c3ccccc3)c(-c3ccccc3)nc2c1)N1CCN(c2ccccc2)CC1. The summed E-state index contributed by atoms with van der Waals surface area (Å²) < 4.78 is 0. The summed E-state index contributed by atoms with van der Waals surface area (Å²) >= 11 is 0. The number of rotatable bonds is 4. The first-order valence-electron chi connectivity index (χ1n) is 12.3. The number of benzene rings is 4. The first-order chi connectivity index (χ1) is 17.8. The predicted octanol–water partition coefficient (Wildman–Crippen LogP) is 5.93. The third kappa shape index (κ3) is 4.31. The Labute approximate surface area is 210 Å². The van der Waals surface area contributed by atoms with Gasteiger partial charge in [0.05, 0.1) is 22.4 Å². The standard InChI is InChI=1S/C31H26N4O/c36-31(35-20-18-34(19-21-35)26-14-8-3-9-15-26)25-16-17-27-28(22-25)33-30(24-12-6-2-7-13-24)29(32-27)23-10-4-1-5-11-23/h1-17,22H,18-21H2. The Bertz CT molecular complexity index is 1500. The summed E-state index contributed by atoms with van der Waals surface area (Å²) in [4.78, 5) is 27.7. The lowest BCUT2D eigenvalue weighted by atomic mass is 10.0. The first kappa shape index (κ1) is 22.0. The average molecular weight is 471 g/mol. The number of carbonyl (C=O) groups is 1. The maximum absolute atomic E-state index is 13.4. The number of anilines is 1. The molecule has 36 heavy (non-hydrogen) atoms. The second-order valence-electron chi connectivity index (χ2n) is 8.97. The van der Waals surface area contributed by atoms with Gasteiger partial charge in [0, 0.05) is 48.6 Å². The Morgan fingerprint density at radius 1 is 0.583 bits per heavy atom. The van der Waals surface area contributed by atoms with Crippen LogP contribution in [0.4, 0.5) is 5.69 Å². The Morgan fingerprint density at radius 3 is 1.69 bits per heavy atom. The molecule has 1 fully saturated rings. The fourth-order valence-corrected chi connectivity index (χ4v) is 4.77. The lowest BCUT2D eigenvalue weighted by Crippen LogP contribution is -2.48. The van der Waals surface area contributed by atoms with Gasteiger partial charge in [-0.2, -0.15) is 0 Å². The highest BCUT2D eigenvalue weighted by Crippen LogP contribution is 2.31. The molecule has 5 nitrogen and oxygen atoms in total. The number of hydrogen-bond donors (Lipinski definition) is 0. The number of carbonyl (C=O) groups excluding carboxylic acids is 1. The van der Waals surface area contributed by atoms with E-state index in [-0.39, 0.29) is 5.91 Å². The van der Waals surface area contributed by atoms with Crippen LogP contribution in [0, 0.1) is 0 Å². The summed E-state index contributed by atoms with van der Waals surface area (Å²) in [5.41, 5.74) is 7.02. The molecule has 1 aromatic heterocycles. The number of piperazine rings is 1. The Hall–Kier alpha value is -4.51. The van der Waals surface area contributed by atoms with Crippen LogP contribution in [0.2, 0.25) is 0 Å². The molecule has 0 unspecified atom stereocenters. The van der Waals surface area contributed by atoms with E-state index in [2.05, 4.69) is 41.3 Å². The number of hydrogen-bond acceptors (Lipinski definition) is 4. The summed E-state index contributed by atoms with van der Waals surface area (Å²) in [6.07, 6.45) is 0. The van der Waals surface area contributed by atoms with Gasteiger partial charge in [-0.15, -0.1) is 0 Å². The van der Waals surface area contributed by atoms with Crippen molar-refractivity contribution in [2.24, 2.45) is 0 Å². The number of fused-ring (bicyclic) bond motifs is 1. The van der Waals surface area contributed by atoms with Crippen LogP contribution in [-0.2, 0) is 0 Å². The fourth-order valence-electron chi connectivity index (χ4n) is 4.77. The highest BCUT2D eigenvalue weighted by Gasteiger charge is 2.23. The largest absolute Gasteiger partial charge is 0.368 e. The van der Waals surface area contributed by atoms with Gasteiger partial charge in [-0.25, -0.2) is 9.97 Å². The van der Waals surface area contributed by atoms with Crippen LogP contribution in [-0.4, -0.2) is 47.0 Å². The van der Waals surface area contributed by atoms with Crippen LogP contribution < -0.4 is 4.90 Å². The molecule has 1 aliphatic heterocycles. The van der Waals surface area contributed by atoms with E-state index in [1.165, 1.54) is 5.69 Å². The van der Waals surface area contributed by atoms with Gasteiger partial charge in [0.1, 0.15) is 0 Å². The van der Waals surface area contributed by atoms with Crippen molar-refractivity contribution < 1.29 is 4.79 Å². The molecule has 5 heteroatoms. The molecule has 0 saturated carbocycles. The maximum atomic E-state index is 13.4. The van der Waals surface area contributed by atoms with Crippen molar-refractivity contribution in [3.05, 3.63) is 115 Å². The van der Waals surface area contributed by atoms with E-state index in [0.717, 1.165) is 46.6 Å². The highest BCUT2D eigenvalue weighted by atomic mass is 16.2. The molecule has 0 atom stereocenters. The van der Waals surface area contributed by atoms with Gasteiger partial charge in [0.25, 0.3) is 5.91 Å². The Kier molecular flexibility index (Phi) is 5.88. The second kappa shape index (κ2) is 9.62. The zero-order valence-corrected chi connectivity index (χ0v) is 19.9. The monoisotopic (exact) mass is 470 g/mol. The quantitative estimate of drug-likeness (QED) is 0.327. The van der Waals surface area contributed by atoms with Gasteiger partial charge in [0.2, 0.25) is 0 Å². The zero-order valence-electron chi connectivity index (χ0n) is 19.9. The molecule has 2 heterocycles. The maximum Gasteiger partial charge on any atom is 0.254 e. The summed E-state index contributed by atoms with van der Waals surface area (Å²) in [7, 11) is 0. The fraction of sp³-hybridized carbons (Fsp3) is 0.129. The van der Waals surface area contributed by atoms with Gasteiger partial charge in [-0.1, -0.05) is 78.9 Å². The highest BCUT2D eigenvalue weighted by molar-refractivity contribution is 5.98. The van der Waals surface area contributed by atoms with Gasteiger partial charge in [-0.3, -0.25) is 4.79 Å². The smallest absolute Gasteiger partial charge is 0.254 e. The number of amides is 1. The van der Waals surface area contributed by atoms with E-state index < -0.39 is 0 Å². The van der Waals surface area contributed by atoms with E-state index in [4.69, 9.17) is 9.97 Å². The molecular formula is C31H26N4O. The van der Waals surface area contributed by atoms with E-state index in [0.29, 0.717) is 18.7 Å². The predicted molar refractivity (Wildman–Crippen MR) is 145 cm³/mol. The van der Waals surface area contributed by atoms with Gasteiger partial charge in [0.15, 0.2) is 0 Å². The molecular weight excluding hydrogens is 444 g/mol. The molecule has 5 aromatic rings. The minimum Gasteiger partial charge on any atom is -0.368 e. The van der Waals surface area contributed by atoms with Crippen LogP contribution in [0.5, 0.6) is 0 Å². The van der Waals surface area contributed by atoms with Gasteiger partial charge < -0.3 is 9.80 Å². The third-order valence-corrected chi connectivity index (χ3v) is 6.69. The minimum atomic E-state index is 0.0415. The Balaban J connectivity index is 1.31. The van der Waals surface area contributed by atoms with Crippen molar-refractivity contribution >= 4 is 22.6 Å².